The van der Waals surface area contributed by atoms with Gasteiger partial charge in [-0.1, -0.05) is 6.07 Å². The molecule has 6 heteroatoms. The Bertz CT molecular complexity index is 442. The van der Waals surface area contributed by atoms with E-state index >= 15 is 0 Å². The number of carboxylic acids is 1. The summed E-state index contributed by atoms with van der Waals surface area (Å²) < 4.78 is 22.9. The fourth-order valence-electron chi connectivity index (χ4n) is 1.15. The summed E-state index contributed by atoms with van der Waals surface area (Å²) >= 11 is 1.10. The summed E-state index contributed by atoms with van der Waals surface area (Å²) in [6, 6.07) is 3.12. The lowest BCUT2D eigenvalue weighted by molar-refractivity contribution is -0.137. The average molecular weight is 248 g/mol. The normalized spacial score (nSPS) is 12.7. The van der Waals surface area contributed by atoms with Crippen molar-refractivity contribution in [2.45, 2.75) is 29.2 Å². The number of sulfone groups is 1. The molecule has 4 nitrogen and oxygen atoms in total. The van der Waals surface area contributed by atoms with Gasteiger partial charge >= 0.3 is 5.97 Å². The number of hydrogen-bond acceptors (Lipinski definition) is 4. The standard InChI is InChI=1S/C9H12O4S2/c1-9(2,6-7(10)11)15(12,13)8-4-3-5-14-8/h3-5H,6H2,1-2H3,(H,10,11). The highest BCUT2D eigenvalue weighted by Crippen LogP contribution is 2.30. The fourth-order valence-corrected chi connectivity index (χ4v) is 4.06. The monoisotopic (exact) mass is 248 g/mol. The maximum atomic E-state index is 12.0. The average Bonchev–Trinajstić information content (AvgIpc) is 2.52. The van der Waals surface area contributed by atoms with E-state index in [-0.39, 0.29) is 4.21 Å². The van der Waals surface area contributed by atoms with Crippen LogP contribution in [-0.4, -0.2) is 24.2 Å². The van der Waals surface area contributed by atoms with Crippen LogP contribution in [0.4, 0.5) is 0 Å². The van der Waals surface area contributed by atoms with Gasteiger partial charge in [0.15, 0.2) is 9.84 Å². The second kappa shape index (κ2) is 3.94. The zero-order valence-corrected chi connectivity index (χ0v) is 10.1. The summed E-state index contributed by atoms with van der Waals surface area (Å²) in [5.41, 5.74) is 0. The van der Waals surface area contributed by atoms with Gasteiger partial charge in [-0.25, -0.2) is 8.42 Å². The number of carboxylic acid groups (broad SMARTS) is 1. The molecular formula is C9H12O4S2. The Hall–Kier alpha value is -0.880. The number of hydrogen-bond donors (Lipinski definition) is 1. The summed E-state index contributed by atoms with van der Waals surface area (Å²) in [5, 5.41) is 10.3. The first kappa shape index (κ1) is 12.2. The van der Waals surface area contributed by atoms with Gasteiger partial charge in [0.1, 0.15) is 4.21 Å². The van der Waals surface area contributed by atoms with Crippen LogP contribution in [0.15, 0.2) is 21.7 Å². The smallest absolute Gasteiger partial charge is 0.304 e. The zero-order chi connectivity index (χ0) is 11.7. The Kier molecular flexibility index (Phi) is 3.20. The van der Waals surface area contributed by atoms with Gasteiger partial charge in [-0.05, 0) is 25.3 Å². The quantitative estimate of drug-likeness (QED) is 0.881. The third-order valence-corrected chi connectivity index (χ3v) is 5.94. The van der Waals surface area contributed by atoms with E-state index in [1.807, 2.05) is 0 Å². The molecular weight excluding hydrogens is 236 g/mol. The van der Waals surface area contributed by atoms with Gasteiger partial charge in [0.25, 0.3) is 0 Å². The summed E-state index contributed by atoms with van der Waals surface area (Å²) in [6.45, 7) is 2.85. The first-order valence-electron chi connectivity index (χ1n) is 4.27. The van der Waals surface area contributed by atoms with Gasteiger partial charge in [0.05, 0.1) is 11.2 Å². The maximum Gasteiger partial charge on any atom is 0.304 e. The van der Waals surface area contributed by atoms with Crippen LogP contribution in [0.2, 0.25) is 0 Å². The highest BCUT2D eigenvalue weighted by molar-refractivity contribution is 7.94. The van der Waals surface area contributed by atoms with Crippen LogP contribution in [0.1, 0.15) is 20.3 Å². The van der Waals surface area contributed by atoms with Crippen molar-refractivity contribution in [1.82, 2.24) is 0 Å². The SMILES string of the molecule is CC(C)(CC(=O)O)S(=O)(=O)c1cccs1. The van der Waals surface area contributed by atoms with Crippen molar-refractivity contribution in [2.75, 3.05) is 0 Å². The molecule has 0 fully saturated rings. The maximum absolute atomic E-state index is 12.0. The van der Waals surface area contributed by atoms with Crippen molar-refractivity contribution in [3.63, 3.8) is 0 Å². The Morgan fingerprint density at radius 3 is 2.53 bits per heavy atom. The molecule has 1 aromatic heterocycles. The summed E-state index contributed by atoms with van der Waals surface area (Å²) in [4.78, 5) is 10.6. The van der Waals surface area contributed by atoms with Crippen LogP contribution in [0, 0.1) is 0 Å². The van der Waals surface area contributed by atoms with E-state index in [4.69, 9.17) is 5.11 Å². The molecule has 0 atom stereocenters. The summed E-state index contributed by atoms with van der Waals surface area (Å²) in [7, 11) is -3.55. The van der Waals surface area contributed by atoms with Crippen LogP contribution in [0.3, 0.4) is 0 Å². The van der Waals surface area contributed by atoms with E-state index in [0.29, 0.717) is 0 Å². The minimum Gasteiger partial charge on any atom is -0.481 e. The van der Waals surface area contributed by atoms with Gasteiger partial charge in [0, 0.05) is 0 Å². The Morgan fingerprint density at radius 2 is 2.13 bits per heavy atom. The predicted octanol–water partition coefficient (Wildman–Crippen LogP) is 1.78. The molecule has 0 aliphatic heterocycles. The zero-order valence-electron chi connectivity index (χ0n) is 8.43. The van der Waals surface area contributed by atoms with Crippen LogP contribution in [0.25, 0.3) is 0 Å². The van der Waals surface area contributed by atoms with Crippen molar-refractivity contribution >= 4 is 27.1 Å². The van der Waals surface area contributed by atoms with Crippen LogP contribution < -0.4 is 0 Å². The Balaban J connectivity index is 3.11. The molecule has 1 N–H and O–H groups in total. The third kappa shape index (κ3) is 2.38. The van der Waals surface area contributed by atoms with E-state index in [2.05, 4.69) is 0 Å². The van der Waals surface area contributed by atoms with Gasteiger partial charge in [-0.15, -0.1) is 11.3 Å². The van der Waals surface area contributed by atoms with Crippen molar-refractivity contribution in [1.29, 1.82) is 0 Å². The number of aliphatic carboxylic acids is 1. The van der Waals surface area contributed by atoms with Crippen molar-refractivity contribution < 1.29 is 18.3 Å². The molecule has 0 radical (unpaired) electrons. The number of rotatable bonds is 4. The van der Waals surface area contributed by atoms with E-state index < -0.39 is 27.0 Å². The molecule has 0 aliphatic carbocycles. The molecule has 0 aliphatic rings. The van der Waals surface area contributed by atoms with Crippen LogP contribution >= 0.6 is 11.3 Å². The second-order valence-corrected chi connectivity index (χ2v) is 7.52. The van der Waals surface area contributed by atoms with E-state index in [9.17, 15) is 13.2 Å². The van der Waals surface area contributed by atoms with Crippen LogP contribution in [-0.2, 0) is 14.6 Å². The minimum atomic E-state index is -3.55. The molecule has 0 saturated carbocycles. The predicted molar refractivity (Wildman–Crippen MR) is 57.8 cm³/mol. The van der Waals surface area contributed by atoms with Gasteiger partial charge in [0.2, 0.25) is 0 Å². The van der Waals surface area contributed by atoms with E-state index in [1.165, 1.54) is 19.9 Å². The second-order valence-electron chi connectivity index (χ2n) is 3.77. The van der Waals surface area contributed by atoms with Gasteiger partial charge in [-0.2, -0.15) is 0 Å². The van der Waals surface area contributed by atoms with Crippen molar-refractivity contribution in [2.24, 2.45) is 0 Å². The molecule has 0 saturated heterocycles. The van der Waals surface area contributed by atoms with Crippen molar-refractivity contribution in [3.05, 3.63) is 17.5 Å². The van der Waals surface area contributed by atoms with Crippen LogP contribution in [0.5, 0.6) is 0 Å². The molecule has 0 unspecified atom stereocenters. The largest absolute Gasteiger partial charge is 0.481 e. The summed E-state index contributed by atoms with van der Waals surface area (Å²) in [6.07, 6.45) is -0.396. The molecule has 1 heterocycles. The number of thiophene rings is 1. The Morgan fingerprint density at radius 1 is 1.53 bits per heavy atom. The Labute approximate surface area is 92.5 Å². The molecule has 84 valence electrons. The van der Waals surface area contributed by atoms with Gasteiger partial charge in [-0.3, -0.25) is 4.79 Å². The van der Waals surface area contributed by atoms with Crippen molar-refractivity contribution in [3.8, 4) is 0 Å². The van der Waals surface area contributed by atoms with Gasteiger partial charge < -0.3 is 5.11 Å². The van der Waals surface area contributed by atoms with E-state index in [1.54, 1.807) is 11.4 Å². The lowest BCUT2D eigenvalue weighted by Gasteiger charge is -2.21. The molecule has 0 bridgehead atoms. The first-order valence-corrected chi connectivity index (χ1v) is 6.63. The molecule has 1 rings (SSSR count). The minimum absolute atomic E-state index is 0.216. The molecule has 0 spiro atoms. The summed E-state index contributed by atoms with van der Waals surface area (Å²) in [5.74, 6) is -1.11. The highest BCUT2D eigenvalue weighted by atomic mass is 32.2. The fraction of sp³-hybridized carbons (Fsp3) is 0.444. The topological polar surface area (TPSA) is 71.4 Å². The lowest BCUT2D eigenvalue weighted by Crippen LogP contribution is -2.34. The molecule has 0 aromatic carbocycles. The molecule has 15 heavy (non-hydrogen) atoms. The highest BCUT2D eigenvalue weighted by Gasteiger charge is 2.38. The molecule has 1 aromatic rings. The van der Waals surface area contributed by atoms with E-state index in [0.717, 1.165) is 11.3 Å². The molecule has 0 amide bonds. The first-order chi connectivity index (χ1) is 6.77. The number of carbonyl (C=O) groups is 1. The lowest BCUT2D eigenvalue weighted by atomic mass is 10.1. The third-order valence-electron chi connectivity index (χ3n) is 2.06.